The van der Waals surface area contributed by atoms with Crippen molar-refractivity contribution in [1.29, 1.82) is 0 Å². The van der Waals surface area contributed by atoms with Gasteiger partial charge < -0.3 is 11.1 Å². The molecule has 3 N–H and O–H groups in total. The van der Waals surface area contributed by atoms with Crippen molar-refractivity contribution in [2.75, 3.05) is 11.1 Å². The minimum atomic E-state index is -0.122. The highest BCUT2D eigenvalue weighted by Gasteiger charge is 2.11. The van der Waals surface area contributed by atoms with Crippen molar-refractivity contribution >= 4 is 39.1 Å². The smallest absolute Gasteiger partial charge is 0.221 e. The predicted octanol–water partition coefficient (Wildman–Crippen LogP) is 7.12. The number of fused-ring (bicyclic) bond motifs is 2. The summed E-state index contributed by atoms with van der Waals surface area (Å²) >= 11 is 0. The van der Waals surface area contributed by atoms with Gasteiger partial charge in [-0.15, -0.1) is 0 Å². The molecule has 0 atom stereocenters. The molecule has 6 aromatic heterocycles. The molecule has 1 amide bonds. The minimum absolute atomic E-state index is 0.122. The maximum atomic E-state index is 11.3. The molecule has 240 valence electrons. The number of nitrogens with zero attached hydrogens (tertiary/aromatic N) is 8. The quantitative estimate of drug-likeness (QED) is 0.202. The van der Waals surface area contributed by atoms with Gasteiger partial charge in [-0.2, -0.15) is 10.2 Å². The number of nitrogens with two attached hydrogens (primary N) is 1. The van der Waals surface area contributed by atoms with Crippen molar-refractivity contribution in [1.82, 2.24) is 39.5 Å². The van der Waals surface area contributed by atoms with Crippen LogP contribution < -0.4 is 11.1 Å². The Balaban J connectivity index is 0.000000155. The summed E-state index contributed by atoms with van der Waals surface area (Å²) in [5.74, 6) is 1.47. The van der Waals surface area contributed by atoms with Gasteiger partial charge in [0.05, 0.1) is 41.0 Å². The van der Waals surface area contributed by atoms with Crippen LogP contribution >= 0.6 is 0 Å². The number of nitrogen functional groups attached to an aromatic ring is 1. The van der Waals surface area contributed by atoms with Gasteiger partial charge in [0.15, 0.2) is 11.6 Å². The van der Waals surface area contributed by atoms with Gasteiger partial charge in [0.1, 0.15) is 0 Å². The fraction of sp³-hybridized carbons (Fsp3) is 0.0789. The van der Waals surface area contributed by atoms with E-state index in [0.29, 0.717) is 11.4 Å². The van der Waals surface area contributed by atoms with Crippen LogP contribution in [0.2, 0.25) is 0 Å². The number of pyridine rings is 4. The number of aromatic nitrogens is 8. The number of rotatable bonds is 5. The first kappa shape index (κ1) is 30.9. The van der Waals surface area contributed by atoms with Crippen molar-refractivity contribution < 1.29 is 4.79 Å². The van der Waals surface area contributed by atoms with E-state index in [1.54, 1.807) is 18.6 Å². The zero-order valence-corrected chi connectivity index (χ0v) is 27.1. The Morgan fingerprint density at radius 3 is 1.65 bits per heavy atom. The first-order valence-corrected chi connectivity index (χ1v) is 15.6. The predicted molar refractivity (Wildman–Crippen MR) is 192 cm³/mol. The number of carbonyl (C=O) groups excluding carboxylic acids is 1. The van der Waals surface area contributed by atoms with E-state index < -0.39 is 0 Å². The first-order valence-electron chi connectivity index (χ1n) is 15.6. The van der Waals surface area contributed by atoms with Gasteiger partial charge in [0.25, 0.3) is 0 Å². The largest absolute Gasteiger partial charge is 0.397 e. The van der Waals surface area contributed by atoms with Crippen LogP contribution in [0.25, 0.3) is 55.7 Å². The summed E-state index contributed by atoms with van der Waals surface area (Å²) < 4.78 is 3.68. The summed E-state index contributed by atoms with van der Waals surface area (Å²) in [5.41, 5.74) is 15.0. The zero-order valence-electron chi connectivity index (χ0n) is 27.1. The number of amides is 1. The summed E-state index contributed by atoms with van der Waals surface area (Å²) in [6, 6.07) is 27.9. The second-order valence-electron chi connectivity index (χ2n) is 11.6. The van der Waals surface area contributed by atoms with Crippen molar-refractivity contribution in [2.24, 2.45) is 0 Å². The van der Waals surface area contributed by atoms with Crippen LogP contribution in [0.3, 0.4) is 0 Å². The lowest BCUT2D eigenvalue weighted by Crippen LogP contribution is -2.05. The van der Waals surface area contributed by atoms with Crippen LogP contribution in [0.5, 0.6) is 0 Å². The number of nitrogens with one attached hydrogen (secondary N) is 1. The molecule has 0 saturated carbocycles. The molecule has 49 heavy (non-hydrogen) atoms. The van der Waals surface area contributed by atoms with Crippen LogP contribution in [0, 0.1) is 13.8 Å². The second-order valence-corrected chi connectivity index (χ2v) is 11.6. The topological polar surface area (TPSA) is 142 Å². The molecule has 0 spiro atoms. The van der Waals surface area contributed by atoms with E-state index in [4.69, 9.17) is 5.73 Å². The van der Waals surface area contributed by atoms with Gasteiger partial charge in [-0.25, -0.2) is 19.3 Å². The van der Waals surface area contributed by atoms with E-state index in [1.165, 1.54) is 6.92 Å². The highest BCUT2D eigenvalue weighted by atomic mass is 16.1. The molecule has 11 heteroatoms. The van der Waals surface area contributed by atoms with E-state index in [1.807, 2.05) is 109 Å². The fourth-order valence-corrected chi connectivity index (χ4v) is 5.54. The summed E-state index contributed by atoms with van der Waals surface area (Å²) in [6.07, 6.45) is 10.5. The molecule has 0 aliphatic rings. The van der Waals surface area contributed by atoms with E-state index >= 15 is 0 Å². The van der Waals surface area contributed by atoms with E-state index in [-0.39, 0.29) is 5.91 Å². The Labute approximate surface area is 282 Å². The maximum Gasteiger partial charge on any atom is 0.221 e. The van der Waals surface area contributed by atoms with Gasteiger partial charge in [-0.05, 0) is 73.5 Å². The van der Waals surface area contributed by atoms with Crippen molar-refractivity contribution in [3.05, 3.63) is 133 Å². The summed E-state index contributed by atoms with van der Waals surface area (Å²) in [4.78, 5) is 28.8. The lowest BCUT2D eigenvalue weighted by atomic mass is 10.1. The van der Waals surface area contributed by atoms with Crippen LogP contribution in [0.1, 0.15) is 18.3 Å². The SMILES string of the molecule is CC(=O)Nc1cncc(-c2ccc3cnn(-c4cccc(C)n4)c3c2)c1.Cc1cccc(-n2ncc3ccc(-c4cncc(N)c4)cc32)n1. The van der Waals surface area contributed by atoms with Gasteiger partial charge in [-0.1, -0.05) is 36.4 Å². The summed E-state index contributed by atoms with van der Waals surface area (Å²) in [5, 5.41) is 13.8. The molecule has 6 heterocycles. The molecule has 2 aromatic carbocycles. The Bertz CT molecular complexity index is 2460. The van der Waals surface area contributed by atoms with Gasteiger partial charge >= 0.3 is 0 Å². The molecule has 0 unspecified atom stereocenters. The third-order valence-electron chi connectivity index (χ3n) is 7.81. The highest BCUT2D eigenvalue weighted by molar-refractivity contribution is 5.90. The van der Waals surface area contributed by atoms with Crippen molar-refractivity contribution in [2.45, 2.75) is 20.8 Å². The molecule has 0 aliphatic carbocycles. The Kier molecular flexibility index (Phi) is 8.30. The van der Waals surface area contributed by atoms with Gasteiger partial charge in [0, 0.05) is 58.8 Å². The molecule has 11 nitrogen and oxygen atoms in total. The average molecular weight is 645 g/mol. The molecule has 8 aromatic rings. The van der Waals surface area contributed by atoms with E-state index in [9.17, 15) is 4.79 Å². The summed E-state index contributed by atoms with van der Waals surface area (Å²) in [6.45, 7) is 5.41. The van der Waals surface area contributed by atoms with Crippen molar-refractivity contribution in [3.8, 4) is 33.9 Å². The Hall–Kier alpha value is -6.75. The fourth-order valence-electron chi connectivity index (χ4n) is 5.54. The third kappa shape index (κ3) is 6.72. The standard InChI is InChI=1S/C20H17N5O.C18H15N5/c1-13-4-3-5-20(23-13)25-19-9-15(6-7-16(19)11-22-25)17-8-18(12-21-10-17)24-14(2)26;1-12-3-2-4-18(22-12)23-17-8-13(5-6-14(17)10-21-23)15-7-16(19)11-20-9-15/h3-12H,1-2H3,(H,24,26);2-11H,19H2,1H3. The van der Waals surface area contributed by atoms with Gasteiger partial charge in [0.2, 0.25) is 5.91 Å². The summed E-state index contributed by atoms with van der Waals surface area (Å²) in [7, 11) is 0. The first-order chi connectivity index (χ1) is 23.8. The van der Waals surface area contributed by atoms with Crippen LogP contribution in [0.15, 0.2) is 122 Å². The molecular formula is C38H32N10O. The number of hydrogen-bond acceptors (Lipinski definition) is 8. The number of hydrogen-bond donors (Lipinski definition) is 2. The second kappa shape index (κ2) is 13.2. The van der Waals surface area contributed by atoms with Crippen LogP contribution in [-0.2, 0) is 4.79 Å². The molecule has 0 fully saturated rings. The molecule has 0 saturated heterocycles. The van der Waals surface area contributed by atoms with E-state index in [0.717, 1.165) is 67.1 Å². The number of anilines is 2. The molecule has 0 aliphatic heterocycles. The number of carbonyl (C=O) groups is 1. The van der Waals surface area contributed by atoms with E-state index in [2.05, 4.69) is 53.6 Å². The normalized spacial score (nSPS) is 10.9. The molecule has 0 radical (unpaired) electrons. The Morgan fingerprint density at radius 1 is 0.612 bits per heavy atom. The zero-order chi connectivity index (χ0) is 33.9. The maximum absolute atomic E-state index is 11.3. The highest BCUT2D eigenvalue weighted by Crippen LogP contribution is 2.28. The molecule has 0 bridgehead atoms. The minimum Gasteiger partial charge on any atom is -0.397 e. The average Bonchev–Trinajstić information content (AvgIpc) is 3.72. The van der Waals surface area contributed by atoms with Gasteiger partial charge in [-0.3, -0.25) is 14.8 Å². The molecule has 8 rings (SSSR count). The third-order valence-corrected chi connectivity index (χ3v) is 7.81. The van der Waals surface area contributed by atoms with Crippen LogP contribution in [0.4, 0.5) is 11.4 Å². The lowest BCUT2D eigenvalue weighted by molar-refractivity contribution is -0.114. The number of benzene rings is 2. The van der Waals surface area contributed by atoms with Crippen molar-refractivity contribution in [3.63, 3.8) is 0 Å². The number of aryl methyl sites for hydroxylation is 2. The monoisotopic (exact) mass is 644 g/mol. The van der Waals surface area contributed by atoms with Crippen LogP contribution in [-0.4, -0.2) is 45.4 Å². The molecular weight excluding hydrogens is 612 g/mol. The Morgan fingerprint density at radius 2 is 1.14 bits per heavy atom. The lowest BCUT2D eigenvalue weighted by Gasteiger charge is -2.07.